The predicted molar refractivity (Wildman–Crippen MR) is 133 cm³/mol. The van der Waals surface area contributed by atoms with Crippen LogP contribution in [0.2, 0.25) is 0 Å². The molecule has 4 heterocycles. The van der Waals surface area contributed by atoms with E-state index in [9.17, 15) is 4.79 Å². The monoisotopic (exact) mass is 459 g/mol. The van der Waals surface area contributed by atoms with Gasteiger partial charge in [-0.15, -0.1) is 0 Å². The Balaban J connectivity index is 1.17. The van der Waals surface area contributed by atoms with E-state index in [1.165, 1.54) is 0 Å². The summed E-state index contributed by atoms with van der Waals surface area (Å²) in [6, 6.07) is 18.2. The number of H-pyrrole nitrogens is 2. The highest BCUT2D eigenvalue weighted by Gasteiger charge is 2.16. The molecule has 0 atom stereocenters. The van der Waals surface area contributed by atoms with Crippen molar-refractivity contribution in [1.29, 1.82) is 0 Å². The van der Waals surface area contributed by atoms with Crippen LogP contribution in [0.25, 0.3) is 33.2 Å². The number of aromatic amines is 2. The lowest BCUT2D eigenvalue weighted by Crippen LogP contribution is -2.04. The molecule has 0 fully saturated rings. The molecule has 0 amide bonds. The van der Waals surface area contributed by atoms with Crippen molar-refractivity contribution in [2.75, 3.05) is 0 Å². The molecular weight excluding hydrogens is 438 g/mol. The average Bonchev–Trinajstić information content (AvgIpc) is 3.66. The minimum Gasteiger partial charge on any atom is -0.292 e. The van der Waals surface area contributed by atoms with Gasteiger partial charge in [0.05, 0.1) is 24.5 Å². The second-order valence-electron chi connectivity index (χ2n) is 8.40. The third-order valence-electron chi connectivity index (χ3n) is 6.00. The van der Waals surface area contributed by atoms with E-state index in [1.807, 2.05) is 53.5 Å². The molecule has 0 saturated carbocycles. The van der Waals surface area contributed by atoms with E-state index in [1.54, 1.807) is 24.8 Å². The minimum absolute atomic E-state index is 0.0495. The number of aromatic nitrogens is 7. The average molecular weight is 460 g/mol. The van der Waals surface area contributed by atoms with Gasteiger partial charge in [-0.1, -0.05) is 24.3 Å². The molecule has 8 heteroatoms. The van der Waals surface area contributed by atoms with E-state index in [0.29, 0.717) is 12.2 Å². The van der Waals surface area contributed by atoms with Crippen LogP contribution in [0.1, 0.15) is 21.6 Å². The second-order valence-corrected chi connectivity index (χ2v) is 8.40. The molecule has 0 aliphatic carbocycles. The SMILES string of the molecule is O=C(Cc1cnn(Cc2cccc(-c3ccncc3)c2)c1)c1n[nH]c2cc(-c3cn[nH]c3)ccc12. The lowest BCUT2D eigenvalue weighted by atomic mass is 10.0. The molecule has 8 nitrogen and oxygen atoms in total. The van der Waals surface area contributed by atoms with Crippen molar-refractivity contribution in [3.63, 3.8) is 0 Å². The number of pyridine rings is 1. The maximum absolute atomic E-state index is 13.0. The zero-order chi connectivity index (χ0) is 23.6. The van der Waals surface area contributed by atoms with Gasteiger partial charge in [0, 0.05) is 42.2 Å². The summed E-state index contributed by atoms with van der Waals surface area (Å²) in [5.41, 5.74) is 7.48. The van der Waals surface area contributed by atoms with Crippen LogP contribution in [0.4, 0.5) is 0 Å². The van der Waals surface area contributed by atoms with E-state index < -0.39 is 0 Å². The molecule has 35 heavy (non-hydrogen) atoms. The van der Waals surface area contributed by atoms with Crippen molar-refractivity contribution in [2.45, 2.75) is 13.0 Å². The third kappa shape index (κ3) is 4.24. The van der Waals surface area contributed by atoms with Crippen LogP contribution >= 0.6 is 0 Å². The van der Waals surface area contributed by atoms with E-state index in [0.717, 1.165) is 44.3 Å². The fourth-order valence-electron chi connectivity index (χ4n) is 4.25. The maximum Gasteiger partial charge on any atom is 0.188 e. The molecule has 0 bridgehead atoms. The van der Waals surface area contributed by atoms with Crippen LogP contribution in [0, 0.1) is 0 Å². The van der Waals surface area contributed by atoms with E-state index in [4.69, 9.17) is 0 Å². The molecule has 0 radical (unpaired) electrons. The Bertz CT molecular complexity index is 1610. The Morgan fingerprint density at radius 2 is 1.77 bits per heavy atom. The lowest BCUT2D eigenvalue weighted by Gasteiger charge is -2.06. The summed E-state index contributed by atoms with van der Waals surface area (Å²) >= 11 is 0. The Morgan fingerprint density at radius 1 is 0.886 bits per heavy atom. The number of carbonyl (C=O) groups excluding carboxylic acids is 1. The fourth-order valence-corrected chi connectivity index (χ4v) is 4.25. The third-order valence-corrected chi connectivity index (χ3v) is 6.00. The summed E-state index contributed by atoms with van der Waals surface area (Å²) in [7, 11) is 0. The van der Waals surface area contributed by atoms with Crippen molar-refractivity contribution < 1.29 is 4.79 Å². The van der Waals surface area contributed by atoms with E-state index >= 15 is 0 Å². The van der Waals surface area contributed by atoms with Gasteiger partial charge in [0.15, 0.2) is 5.78 Å². The molecule has 0 saturated heterocycles. The molecular formula is C27H21N7O. The van der Waals surface area contributed by atoms with Gasteiger partial charge < -0.3 is 0 Å². The highest BCUT2D eigenvalue weighted by Crippen LogP contribution is 2.25. The first-order valence-corrected chi connectivity index (χ1v) is 11.2. The Labute approximate surface area is 200 Å². The van der Waals surface area contributed by atoms with Crippen LogP contribution < -0.4 is 0 Å². The normalized spacial score (nSPS) is 11.2. The number of hydrogen-bond acceptors (Lipinski definition) is 5. The number of carbonyl (C=O) groups is 1. The van der Waals surface area contributed by atoms with Crippen LogP contribution in [0.15, 0.2) is 91.8 Å². The van der Waals surface area contributed by atoms with Crippen molar-refractivity contribution in [2.24, 2.45) is 0 Å². The molecule has 0 aliphatic rings. The summed E-state index contributed by atoms with van der Waals surface area (Å²) in [6.45, 7) is 0.620. The second kappa shape index (κ2) is 8.83. The van der Waals surface area contributed by atoms with Gasteiger partial charge in [-0.25, -0.2) is 0 Å². The zero-order valence-electron chi connectivity index (χ0n) is 18.7. The van der Waals surface area contributed by atoms with Gasteiger partial charge in [-0.05, 0) is 58.1 Å². The number of Topliss-reactive ketones (excluding diaryl/α,β-unsaturated/α-hetero) is 1. The molecule has 6 rings (SSSR count). The van der Waals surface area contributed by atoms with E-state index in [2.05, 4.69) is 48.7 Å². The van der Waals surface area contributed by atoms with Gasteiger partial charge in [-0.3, -0.25) is 24.7 Å². The highest BCUT2D eigenvalue weighted by atomic mass is 16.1. The van der Waals surface area contributed by atoms with Crippen molar-refractivity contribution in [1.82, 2.24) is 35.2 Å². The quantitative estimate of drug-likeness (QED) is 0.337. The molecule has 0 unspecified atom stereocenters. The Morgan fingerprint density at radius 3 is 2.63 bits per heavy atom. The fraction of sp³-hybridized carbons (Fsp3) is 0.0741. The summed E-state index contributed by atoms with van der Waals surface area (Å²) in [5, 5.41) is 19.4. The summed E-state index contributed by atoms with van der Waals surface area (Å²) < 4.78 is 1.86. The number of ketones is 1. The maximum atomic E-state index is 13.0. The largest absolute Gasteiger partial charge is 0.292 e. The standard InChI is InChI=1S/C27H21N7O/c35-26(27-24-5-4-22(12-25(24)32-33-27)23-14-29-30-15-23)11-19-13-31-34(17-19)16-18-2-1-3-21(10-18)20-6-8-28-9-7-20/h1-10,12-15,17H,11,16H2,(H,29,30)(H,32,33). The number of nitrogens with one attached hydrogen (secondary N) is 2. The van der Waals surface area contributed by atoms with Crippen LogP contribution in [-0.4, -0.2) is 40.9 Å². The van der Waals surface area contributed by atoms with Crippen LogP contribution in [0.5, 0.6) is 0 Å². The highest BCUT2D eigenvalue weighted by molar-refractivity contribution is 6.07. The Kier molecular flexibility index (Phi) is 5.23. The van der Waals surface area contributed by atoms with Crippen LogP contribution in [-0.2, 0) is 13.0 Å². The minimum atomic E-state index is -0.0495. The first-order chi connectivity index (χ1) is 17.2. The molecule has 2 N–H and O–H groups in total. The van der Waals surface area contributed by atoms with Gasteiger partial charge in [-0.2, -0.15) is 15.3 Å². The lowest BCUT2D eigenvalue weighted by molar-refractivity contribution is 0.0989. The van der Waals surface area contributed by atoms with Crippen LogP contribution in [0.3, 0.4) is 0 Å². The van der Waals surface area contributed by atoms with Gasteiger partial charge >= 0.3 is 0 Å². The predicted octanol–water partition coefficient (Wildman–Crippen LogP) is 4.69. The zero-order valence-corrected chi connectivity index (χ0v) is 18.7. The van der Waals surface area contributed by atoms with Gasteiger partial charge in [0.25, 0.3) is 0 Å². The summed E-state index contributed by atoms with van der Waals surface area (Å²) in [4.78, 5) is 17.1. The van der Waals surface area contributed by atoms with E-state index in [-0.39, 0.29) is 12.2 Å². The van der Waals surface area contributed by atoms with Crippen molar-refractivity contribution in [3.05, 3.63) is 109 Å². The van der Waals surface area contributed by atoms with Gasteiger partial charge in [0.1, 0.15) is 5.69 Å². The number of rotatable bonds is 7. The van der Waals surface area contributed by atoms with Crippen molar-refractivity contribution in [3.8, 4) is 22.3 Å². The first kappa shape index (κ1) is 20.7. The summed E-state index contributed by atoms with van der Waals surface area (Å²) in [5.74, 6) is -0.0495. The molecule has 0 aliphatic heterocycles. The number of fused-ring (bicyclic) bond motifs is 1. The molecule has 6 aromatic rings. The number of benzene rings is 2. The Hall–Kier alpha value is -4.85. The smallest absolute Gasteiger partial charge is 0.188 e. The topological polar surface area (TPSA) is 105 Å². The van der Waals surface area contributed by atoms with Crippen molar-refractivity contribution >= 4 is 16.7 Å². The number of nitrogens with zero attached hydrogens (tertiary/aromatic N) is 5. The molecule has 4 aromatic heterocycles. The summed E-state index contributed by atoms with van der Waals surface area (Å²) in [6.07, 6.45) is 11.1. The first-order valence-electron chi connectivity index (χ1n) is 11.2. The molecule has 170 valence electrons. The molecule has 0 spiro atoms. The number of hydrogen-bond donors (Lipinski definition) is 2. The molecule has 2 aromatic carbocycles. The van der Waals surface area contributed by atoms with Gasteiger partial charge in [0.2, 0.25) is 0 Å².